The first-order valence-electron chi connectivity index (χ1n) is 8.01. The maximum atomic E-state index is 13.9. The van der Waals surface area contributed by atoms with Crippen LogP contribution in [0.2, 0.25) is 0 Å². The van der Waals surface area contributed by atoms with Gasteiger partial charge in [0.05, 0.1) is 0 Å². The normalized spacial score (nSPS) is 18.6. The number of rotatable bonds is 4. The van der Waals surface area contributed by atoms with Crippen molar-refractivity contribution in [3.8, 4) is 0 Å². The molecule has 4 nitrogen and oxygen atoms in total. The molecule has 2 aromatic carbocycles. The monoisotopic (exact) mass is 348 g/mol. The quantitative estimate of drug-likeness (QED) is 0.852. The van der Waals surface area contributed by atoms with Crippen LogP contribution in [0, 0.1) is 12.7 Å². The predicted molar refractivity (Wildman–Crippen MR) is 91.9 cm³/mol. The van der Waals surface area contributed by atoms with Crippen molar-refractivity contribution in [1.29, 1.82) is 0 Å². The summed E-state index contributed by atoms with van der Waals surface area (Å²) in [6, 6.07) is 14.1. The van der Waals surface area contributed by atoms with Gasteiger partial charge in [-0.15, -0.1) is 0 Å². The third kappa shape index (κ3) is 3.50. The molecule has 1 aliphatic rings. The Labute approximate surface area is 142 Å². The fraction of sp³-hybridized carbons (Fsp3) is 0.333. The molecule has 0 unspecified atom stereocenters. The Morgan fingerprint density at radius 3 is 2.08 bits per heavy atom. The second kappa shape index (κ2) is 7.01. The molecule has 0 radical (unpaired) electrons. The van der Waals surface area contributed by atoms with Crippen molar-refractivity contribution in [3.05, 3.63) is 71.0 Å². The topological polar surface area (TPSA) is 40.6 Å². The molecular weight excluding hydrogens is 327 g/mol. The van der Waals surface area contributed by atoms with Crippen LogP contribution in [0.25, 0.3) is 0 Å². The first-order chi connectivity index (χ1) is 11.5. The summed E-state index contributed by atoms with van der Waals surface area (Å²) in [4.78, 5) is 0. The molecule has 0 aliphatic carbocycles. The minimum atomic E-state index is -3.59. The molecule has 0 aromatic heterocycles. The lowest BCUT2D eigenvalue weighted by molar-refractivity contribution is 0.274. The molecule has 1 saturated heterocycles. The summed E-state index contributed by atoms with van der Waals surface area (Å²) in [5, 5.41) is 0. The number of halogens is 1. The average molecular weight is 348 g/mol. The van der Waals surface area contributed by atoms with Crippen LogP contribution < -0.4 is 0 Å². The van der Waals surface area contributed by atoms with Gasteiger partial charge in [-0.1, -0.05) is 42.5 Å². The van der Waals surface area contributed by atoms with E-state index in [4.69, 9.17) is 0 Å². The molecule has 0 bridgehead atoms. The summed E-state index contributed by atoms with van der Waals surface area (Å²) in [6.07, 6.45) is 0.736. The van der Waals surface area contributed by atoms with Gasteiger partial charge in [0.25, 0.3) is 10.2 Å². The van der Waals surface area contributed by atoms with Crippen LogP contribution >= 0.6 is 0 Å². The molecule has 6 heteroatoms. The maximum Gasteiger partial charge on any atom is 0.282 e. The molecule has 1 fully saturated rings. The lowest BCUT2D eigenvalue weighted by Gasteiger charge is -2.35. The highest BCUT2D eigenvalue weighted by Crippen LogP contribution is 2.23. The van der Waals surface area contributed by atoms with Crippen LogP contribution in [-0.2, 0) is 23.3 Å². The summed E-state index contributed by atoms with van der Waals surface area (Å²) in [5.41, 5.74) is 2.46. The van der Waals surface area contributed by atoms with Crippen molar-refractivity contribution in [2.45, 2.75) is 26.4 Å². The van der Waals surface area contributed by atoms with Crippen molar-refractivity contribution < 1.29 is 12.8 Å². The number of benzene rings is 2. The van der Waals surface area contributed by atoms with Gasteiger partial charge in [0.1, 0.15) is 5.82 Å². The van der Waals surface area contributed by atoms with Gasteiger partial charge >= 0.3 is 0 Å². The van der Waals surface area contributed by atoms with Crippen LogP contribution in [0.5, 0.6) is 0 Å². The molecule has 0 amide bonds. The number of hydrogen-bond acceptors (Lipinski definition) is 2. The number of aryl methyl sites for hydroxylation is 1. The van der Waals surface area contributed by atoms with E-state index >= 15 is 0 Å². The van der Waals surface area contributed by atoms with E-state index in [-0.39, 0.29) is 12.4 Å². The molecule has 128 valence electrons. The van der Waals surface area contributed by atoms with E-state index in [9.17, 15) is 12.8 Å². The van der Waals surface area contributed by atoms with Crippen LogP contribution in [0.1, 0.15) is 23.1 Å². The van der Waals surface area contributed by atoms with E-state index in [1.165, 1.54) is 14.7 Å². The van der Waals surface area contributed by atoms with E-state index in [1.807, 2.05) is 31.2 Å². The summed E-state index contributed by atoms with van der Waals surface area (Å²) in [5.74, 6) is -0.372. The summed E-state index contributed by atoms with van der Waals surface area (Å²) < 4.78 is 42.5. The van der Waals surface area contributed by atoms with E-state index in [1.54, 1.807) is 18.2 Å². The zero-order chi connectivity index (χ0) is 17.2. The van der Waals surface area contributed by atoms with Crippen molar-refractivity contribution >= 4 is 10.2 Å². The molecule has 3 rings (SSSR count). The molecule has 24 heavy (non-hydrogen) atoms. The zero-order valence-corrected chi connectivity index (χ0v) is 14.5. The van der Waals surface area contributed by atoms with Crippen molar-refractivity contribution in [2.75, 3.05) is 13.1 Å². The van der Waals surface area contributed by atoms with Crippen molar-refractivity contribution in [1.82, 2.24) is 8.61 Å². The van der Waals surface area contributed by atoms with E-state index in [2.05, 4.69) is 0 Å². The van der Waals surface area contributed by atoms with Crippen LogP contribution in [-0.4, -0.2) is 30.1 Å². The Bertz CT molecular complexity index is 762. The third-order valence-corrected chi connectivity index (χ3v) is 6.31. The maximum absolute atomic E-state index is 13.9. The second-order valence-corrected chi connectivity index (χ2v) is 7.97. The Morgan fingerprint density at radius 1 is 0.917 bits per heavy atom. The highest BCUT2D eigenvalue weighted by Gasteiger charge is 2.34. The van der Waals surface area contributed by atoms with E-state index in [0.717, 1.165) is 17.5 Å². The first-order valence-corrected chi connectivity index (χ1v) is 9.41. The van der Waals surface area contributed by atoms with E-state index < -0.39 is 10.2 Å². The second-order valence-electron chi connectivity index (χ2n) is 6.05. The SMILES string of the molecule is Cc1ccccc1CN1CCCN(Cc2ccccc2F)S1(=O)=O. The van der Waals surface area contributed by atoms with Crippen molar-refractivity contribution in [2.24, 2.45) is 0 Å². The van der Waals surface area contributed by atoms with Gasteiger partial charge < -0.3 is 0 Å². The minimum Gasteiger partial charge on any atom is -0.207 e. The first kappa shape index (κ1) is 17.1. The largest absolute Gasteiger partial charge is 0.282 e. The minimum absolute atomic E-state index is 0.0687. The van der Waals surface area contributed by atoms with Gasteiger partial charge in [0.15, 0.2) is 0 Å². The predicted octanol–water partition coefficient (Wildman–Crippen LogP) is 3.09. The molecule has 0 N–H and O–H groups in total. The molecule has 2 aromatic rings. The van der Waals surface area contributed by atoms with E-state index in [0.29, 0.717) is 25.2 Å². The lowest BCUT2D eigenvalue weighted by Crippen LogP contribution is -2.48. The Morgan fingerprint density at radius 2 is 1.46 bits per heavy atom. The number of nitrogens with zero attached hydrogens (tertiary/aromatic N) is 2. The summed E-state index contributed by atoms with van der Waals surface area (Å²) in [6.45, 7) is 3.30. The summed E-state index contributed by atoms with van der Waals surface area (Å²) in [7, 11) is -3.59. The van der Waals surface area contributed by atoms with Gasteiger partial charge in [-0.2, -0.15) is 17.0 Å². The molecule has 0 saturated carbocycles. The zero-order valence-electron chi connectivity index (χ0n) is 13.7. The van der Waals surface area contributed by atoms with Gasteiger partial charge in [-0.25, -0.2) is 4.39 Å². The standard InChI is InChI=1S/C18H21FN2O2S/c1-15-7-2-3-8-16(15)13-20-11-6-12-21(24(20,22)23)14-17-9-4-5-10-18(17)19/h2-5,7-10H,6,11-14H2,1H3. The van der Waals surface area contributed by atoms with Gasteiger partial charge in [0.2, 0.25) is 0 Å². The highest BCUT2D eigenvalue weighted by atomic mass is 32.2. The highest BCUT2D eigenvalue weighted by molar-refractivity contribution is 7.86. The van der Waals surface area contributed by atoms with Crippen LogP contribution in [0.3, 0.4) is 0 Å². The third-order valence-electron chi connectivity index (χ3n) is 4.38. The van der Waals surface area contributed by atoms with Gasteiger partial charge in [0, 0.05) is 31.7 Å². The van der Waals surface area contributed by atoms with Crippen LogP contribution in [0.4, 0.5) is 4.39 Å². The average Bonchev–Trinajstić information content (AvgIpc) is 2.55. The molecule has 0 spiro atoms. The lowest BCUT2D eigenvalue weighted by atomic mass is 10.1. The number of hydrogen-bond donors (Lipinski definition) is 0. The fourth-order valence-electron chi connectivity index (χ4n) is 2.93. The Balaban J connectivity index is 1.81. The Kier molecular flexibility index (Phi) is 4.99. The molecule has 1 heterocycles. The smallest absolute Gasteiger partial charge is 0.207 e. The van der Waals surface area contributed by atoms with Gasteiger partial charge in [-0.3, -0.25) is 0 Å². The van der Waals surface area contributed by atoms with Gasteiger partial charge in [-0.05, 0) is 30.5 Å². The summed E-state index contributed by atoms with van der Waals surface area (Å²) >= 11 is 0. The molecular formula is C18H21FN2O2S. The van der Waals surface area contributed by atoms with Crippen LogP contribution in [0.15, 0.2) is 48.5 Å². The molecule has 0 atom stereocenters. The van der Waals surface area contributed by atoms with Crippen molar-refractivity contribution in [3.63, 3.8) is 0 Å². The Hall–Kier alpha value is -1.76. The fourth-order valence-corrected chi connectivity index (χ4v) is 4.58. The molecule has 1 aliphatic heterocycles.